The van der Waals surface area contributed by atoms with Gasteiger partial charge >= 0.3 is 0 Å². The summed E-state index contributed by atoms with van der Waals surface area (Å²) in [6.07, 6.45) is 6.70. The Hall–Kier alpha value is -2.16. The van der Waals surface area contributed by atoms with Crippen LogP contribution in [0, 0.1) is 5.92 Å². The van der Waals surface area contributed by atoms with Crippen LogP contribution in [0.2, 0.25) is 0 Å². The molecule has 3 heteroatoms. The van der Waals surface area contributed by atoms with Crippen molar-refractivity contribution >= 4 is 11.6 Å². The van der Waals surface area contributed by atoms with Crippen LogP contribution < -0.4 is 5.32 Å². The van der Waals surface area contributed by atoms with E-state index in [1.165, 1.54) is 6.42 Å². The largest absolute Gasteiger partial charge is 0.324 e. The topological polar surface area (TPSA) is 42.0 Å². The van der Waals surface area contributed by atoms with Crippen LogP contribution in [0.1, 0.15) is 19.3 Å². The SMILES string of the molecule is O=C(Nc1cncc(-c2ccccc2)c1)C1CCC1. The Labute approximate surface area is 112 Å². The van der Waals surface area contributed by atoms with Gasteiger partial charge in [0.05, 0.1) is 11.9 Å². The zero-order chi connectivity index (χ0) is 13.1. The summed E-state index contributed by atoms with van der Waals surface area (Å²) >= 11 is 0. The van der Waals surface area contributed by atoms with Crippen molar-refractivity contribution < 1.29 is 4.79 Å². The minimum atomic E-state index is 0.123. The van der Waals surface area contributed by atoms with Crippen molar-refractivity contribution in [2.75, 3.05) is 5.32 Å². The number of carbonyl (C=O) groups is 1. The highest BCUT2D eigenvalue weighted by atomic mass is 16.1. The van der Waals surface area contributed by atoms with Crippen LogP contribution in [0.5, 0.6) is 0 Å². The molecule has 1 heterocycles. The quantitative estimate of drug-likeness (QED) is 0.908. The molecule has 1 amide bonds. The molecule has 0 unspecified atom stereocenters. The molecule has 0 spiro atoms. The molecule has 3 nitrogen and oxygen atoms in total. The number of anilines is 1. The standard InChI is InChI=1S/C16H16N2O/c19-16(13-7-4-8-13)18-15-9-14(10-17-11-15)12-5-2-1-3-6-12/h1-3,5-6,9-11,13H,4,7-8H2,(H,18,19). The van der Waals surface area contributed by atoms with Gasteiger partial charge in [-0.15, -0.1) is 0 Å². The average molecular weight is 252 g/mol. The molecule has 1 aliphatic carbocycles. The van der Waals surface area contributed by atoms with Gasteiger partial charge in [-0.25, -0.2) is 0 Å². The van der Waals surface area contributed by atoms with Gasteiger partial charge in [0.1, 0.15) is 0 Å². The molecule has 1 aromatic carbocycles. The lowest BCUT2D eigenvalue weighted by Crippen LogP contribution is -2.28. The molecule has 1 saturated carbocycles. The second kappa shape index (κ2) is 5.22. The maximum Gasteiger partial charge on any atom is 0.227 e. The van der Waals surface area contributed by atoms with Crippen molar-refractivity contribution in [3.05, 3.63) is 48.8 Å². The number of pyridine rings is 1. The van der Waals surface area contributed by atoms with Crippen LogP contribution in [-0.4, -0.2) is 10.9 Å². The van der Waals surface area contributed by atoms with E-state index in [9.17, 15) is 4.79 Å². The third-order valence-electron chi connectivity index (χ3n) is 3.59. The highest BCUT2D eigenvalue weighted by molar-refractivity contribution is 5.93. The summed E-state index contributed by atoms with van der Waals surface area (Å²) in [7, 11) is 0. The third-order valence-corrected chi connectivity index (χ3v) is 3.59. The maximum absolute atomic E-state index is 11.9. The zero-order valence-electron chi connectivity index (χ0n) is 10.7. The van der Waals surface area contributed by atoms with Crippen LogP contribution in [0.25, 0.3) is 11.1 Å². The molecule has 0 radical (unpaired) electrons. The van der Waals surface area contributed by atoms with Gasteiger partial charge < -0.3 is 5.32 Å². The van der Waals surface area contributed by atoms with E-state index >= 15 is 0 Å². The monoisotopic (exact) mass is 252 g/mol. The summed E-state index contributed by atoms with van der Waals surface area (Å²) in [5, 5.41) is 2.95. The number of amides is 1. The van der Waals surface area contributed by atoms with Crippen molar-refractivity contribution in [1.82, 2.24) is 4.98 Å². The third kappa shape index (κ3) is 2.65. The van der Waals surface area contributed by atoms with Crippen molar-refractivity contribution in [3.63, 3.8) is 0 Å². The normalized spacial score (nSPS) is 14.7. The summed E-state index contributed by atoms with van der Waals surface area (Å²) in [6.45, 7) is 0. The lowest BCUT2D eigenvalue weighted by molar-refractivity contribution is -0.122. The van der Waals surface area contributed by atoms with Crippen molar-refractivity contribution in [2.24, 2.45) is 5.92 Å². The Morgan fingerprint density at radius 1 is 1.11 bits per heavy atom. The van der Waals surface area contributed by atoms with E-state index in [-0.39, 0.29) is 11.8 Å². The Balaban J connectivity index is 1.78. The Morgan fingerprint density at radius 3 is 2.58 bits per heavy atom. The number of aromatic nitrogens is 1. The fraction of sp³-hybridized carbons (Fsp3) is 0.250. The molecule has 0 saturated heterocycles. The van der Waals surface area contributed by atoms with E-state index < -0.39 is 0 Å². The summed E-state index contributed by atoms with van der Waals surface area (Å²) < 4.78 is 0. The van der Waals surface area contributed by atoms with E-state index in [4.69, 9.17) is 0 Å². The molecular weight excluding hydrogens is 236 g/mol. The zero-order valence-corrected chi connectivity index (χ0v) is 10.7. The Morgan fingerprint density at radius 2 is 1.89 bits per heavy atom. The number of benzene rings is 1. The first-order valence-corrected chi connectivity index (χ1v) is 6.64. The number of nitrogens with zero attached hydrogens (tertiary/aromatic N) is 1. The van der Waals surface area contributed by atoms with Crippen LogP contribution in [-0.2, 0) is 4.79 Å². The van der Waals surface area contributed by atoms with Gasteiger partial charge in [-0.05, 0) is 24.5 Å². The molecule has 1 fully saturated rings. The first-order chi connectivity index (χ1) is 9.33. The fourth-order valence-corrected chi connectivity index (χ4v) is 2.21. The minimum Gasteiger partial charge on any atom is -0.324 e. The van der Waals surface area contributed by atoms with Crippen LogP contribution in [0.4, 0.5) is 5.69 Å². The van der Waals surface area contributed by atoms with E-state index in [2.05, 4.69) is 10.3 Å². The van der Waals surface area contributed by atoms with Gasteiger partial charge in [0.15, 0.2) is 0 Å². The molecule has 0 bridgehead atoms. The number of rotatable bonds is 3. The molecule has 1 N–H and O–H groups in total. The van der Waals surface area contributed by atoms with E-state index in [0.717, 1.165) is 29.7 Å². The van der Waals surface area contributed by atoms with Crippen LogP contribution >= 0.6 is 0 Å². The number of nitrogens with one attached hydrogen (secondary N) is 1. The lowest BCUT2D eigenvalue weighted by atomic mass is 9.85. The van der Waals surface area contributed by atoms with Gasteiger partial charge in [0.25, 0.3) is 0 Å². The molecular formula is C16H16N2O. The number of hydrogen-bond donors (Lipinski definition) is 1. The highest BCUT2D eigenvalue weighted by Gasteiger charge is 2.25. The fourth-order valence-electron chi connectivity index (χ4n) is 2.21. The predicted octanol–water partition coefficient (Wildman–Crippen LogP) is 3.49. The molecule has 0 atom stereocenters. The first-order valence-electron chi connectivity index (χ1n) is 6.64. The summed E-state index contributed by atoms with van der Waals surface area (Å²) in [5.74, 6) is 0.318. The molecule has 19 heavy (non-hydrogen) atoms. The van der Waals surface area contributed by atoms with Gasteiger partial charge in [-0.1, -0.05) is 36.8 Å². The van der Waals surface area contributed by atoms with Crippen molar-refractivity contribution in [1.29, 1.82) is 0 Å². The van der Waals surface area contributed by atoms with Gasteiger partial charge in [-0.3, -0.25) is 9.78 Å². The molecule has 96 valence electrons. The Kier molecular flexibility index (Phi) is 3.27. The van der Waals surface area contributed by atoms with Crippen molar-refractivity contribution in [3.8, 4) is 11.1 Å². The second-order valence-electron chi connectivity index (χ2n) is 4.95. The van der Waals surface area contributed by atoms with Gasteiger partial charge in [0, 0.05) is 17.7 Å². The van der Waals surface area contributed by atoms with E-state index in [0.29, 0.717) is 0 Å². The summed E-state index contributed by atoms with van der Waals surface area (Å²) in [5.41, 5.74) is 2.90. The predicted molar refractivity (Wildman–Crippen MR) is 75.6 cm³/mol. The molecule has 0 aliphatic heterocycles. The molecule has 2 aromatic rings. The second-order valence-corrected chi connectivity index (χ2v) is 4.95. The Bertz CT molecular complexity index is 576. The van der Waals surface area contributed by atoms with Crippen LogP contribution in [0.15, 0.2) is 48.8 Å². The number of carbonyl (C=O) groups excluding carboxylic acids is 1. The lowest BCUT2D eigenvalue weighted by Gasteiger charge is -2.24. The molecule has 1 aromatic heterocycles. The van der Waals surface area contributed by atoms with Crippen molar-refractivity contribution in [2.45, 2.75) is 19.3 Å². The number of hydrogen-bond acceptors (Lipinski definition) is 2. The average Bonchev–Trinajstić information content (AvgIpc) is 2.38. The summed E-state index contributed by atoms with van der Waals surface area (Å²) in [6, 6.07) is 12.0. The van der Waals surface area contributed by atoms with E-state index in [1.807, 2.05) is 42.6 Å². The first kappa shape index (κ1) is 11.9. The smallest absolute Gasteiger partial charge is 0.227 e. The minimum absolute atomic E-state index is 0.123. The van der Waals surface area contributed by atoms with Gasteiger partial charge in [0.2, 0.25) is 5.91 Å². The summed E-state index contributed by atoms with van der Waals surface area (Å²) in [4.78, 5) is 16.1. The molecule has 3 rings (SSSR count). The molecule has 1 aliphatic rings. The van der Waals surface area contributed by atoms with Gasteiger partial charge in [-0.2, -0.15) is 0 Å². The van der Waals surface area contributed by atoms with E-state index in [1.54, 1.807) is 6.20 Å². The maximum atomic E-state index is 11.9. The highest BCUT2D eigenvalue weighted by Crippen LogP contribution is 2.28. The van der Waals surface area contributed by atoms with Crippen LogP contribution in [0.3, 0.4) is 0 Å².